The number of amides is 1. The first-order valence-corrected chi connectivity index (χ1v) is 7.48. The number of aromatic nitrogens is 3. The Morgan fingerprint density at radius 1 is 1.13 bits per heavy atom. The van der Waals surface area contributed by atoms with Crippen molar-refractivity contribution in [2.24, 2.45) is 0 Å². The largest absolute Gasteiger partial charge is 0.320 e. The lowest BCUT2D eigenvalue weighted by molar-refractivity contribution is 0.102. The van der Waals surface area contributed by atoms with Crippen LogP contribution < -0.4 is 5.32 Å². The van der Waals surface area contributed by atoms with Gasteiger partial charge in [-0.3, -0.25) is 4.79 Å². The average Bonchev–Trinajstić information content (AvgIpc) is 2.89. The van der Waals surface area contributed by atoms with Crippen LogP contribution in [0.5, 0.6) is 0 Å². The molecule has 0 fully saturated rings. The summed E-state index contributed by atoms with van der Waals surface area (Å²) in [7, 11) is 0. The predicted octanol–water partition coefficient (Wildman–Crippen LogP) is 3.79. The van der Waals surface area contributed by atoms with Crippen LogP contribution >= 0.6 is 11.6 Å². The maximum absolute atomic E-state index is 12.4. The number of nitrogens with zero attached hydrogens (tertiary/aromatic N) is 3. The summed E-state index contributed by atoms with van der Waals surface area (Å²) in [5, 5.41) is 11.4. The molecule has 0 atom stereocenters. The van der Waals surface area contributed by atoms with Crippen molar-refractivity contribution in [3.8, 4) is 5.69 Å². The Bertz CT molecular complexity index is 873. The molecule has 3 rings (SSSR count). The van der Waals surface area contributed by atoms with E-state index >= 15 is 0 Å². The quantitative estimate of drug-likeness (QED) is 0.796. The second kappa shape index (κ2) is 6.22. The molecule has 6 heteroatoms. The van der Waals surface area contributed by atoms with Gasteiger partial charge in [0.15, 0.2) is 5.69 Å². The molecule has 1 N–H and O–H groups in total. The minimum atomic E-state index is -0.316. The van der Waals surface area contributed by atoms with Gasteiger partial charge in [-0.25, -0.2) is 4.68 Å². The van der Waals surface area contributed by atoms with Gasteiger partial charge in [0.05, 0.1) is 11.4 Å². The van der Waals surface area contributed by atoms with Crippen molar-refractivity contribution >= 4 is 23.2 Å². The van der Waals surface area contributed by atoms with Crippen LogP contribution in [0.1, 0.15) is 21.7 Å². The van der Waals surface area contributed by atoms with Crippen LogP contribution in [-0.4, -0.2) is 20.9 Å². The van der Waals surface area contributed by atoms with Crippen molar-refractivity contribution in [1.82, 2.24) is 15.0 Å². The van der Waals surface area contributed by atoms with Crippen molar-refractivity contribution < 1.29 is 4.79 Å². The molecule has 5 nitrogen and oxygen atoms in total. The van der Waals surface area contributed by atoms with Gasteiger partial charge in [0, 0.05) is 10.7 Å². The van der Waals surface area contributed by atoms with E-state index in [0.717, 1.165) is 11.3 Å². The maximum Gasteiger partial charge on any atom is 0.278 e. The van der Waals surface area contributed by atoms with E-state index in [9.17, 15) is 4.79 Å². The van der Waals surface area contributed by atoms with Crippen LogP contribution in [0, 0.1) is 13.8 Å². The highest BCUT2D eigenvalue weighted by molar-refractivity contribution is 6.30. The van der Waals surface area contributed by atoms with Gasteiger partial charge in [0.25, 0.3) is 5.91 Å². The number of nitrogens with one attached hydrogen (secondary N) is 1. The van der Waals surface area contributed by atoms with Gasteiger partial charge in [0.2, 0.25) is 0 Å². The van der Waals surface area contributed by atoms with Gasteiger partial charge >= 0.3 is 0 Å². The highest BCUT2D eigenvalue weighted by Gasteiger charge is 2.17. The zero-order valence-corrected chi connectivity index (χ0v) is 13.5. The number of rotatable bonds is 3. The smallest absolute Gasteiger partial charge is 0.278 e. The topological polar surface area (TPSA) is 59.8 Å². The van der Waals surface area contributed by atoms with E-state index in [2.05, 4.69) is 15.6 Å². The number of aryl methyl sites for hydroxylation is 1. The molecule has 116 valence electrons. The number of carbonyl (C=O) groups excluding carboxylic acids is 1. The monoisotopic (exact) mass is 326 g/mol. The normalized spacial score (nSPS) is 10.6. The van der Waals surface area contributed by atoms with E-state index in [4.69, 9.17) is 11.6 Å². The number of halogens is 1. The zero-order chi connectivity index (χ0) is 16.4. The molecular formula is C17H15ClN4O. The minimum absolute atomic E-state index is 0.284. The lowest BCUT2D eigenvalue weighted by Gasteiger charge is -2.06. The van der Waals surface area contributed by atoms with Gasteiger partial charge in [-0.15, -0.1) is 5.10 Å². The number of benzene rings is 2. The summed E-state index contributed by atoms with van der Waals surface area (Å²) in [4.78, 5) is 12.4. The minimum Gasteiger partial charge on any atom is -0.320 e. The molecule has 0 saturated carbocycles. The molecule has 0 aliphatic rings. The van der Waals surface area contributed by atoms with E-state index in [-0.39, 0.29) is 11.6 Å². The van der Waals surface area contributed by atoms with Gasteiger partial charge in [-0.1, -0.05) is 35.0 Å². The molecule has 2 aromatic carbocycles. The van der Waals surface area contributed by atoms with E-state index < -0.39 is 0 Å². The van der Waals surface area contributed by atoms with Gasteiger partial charge in [0.1, 0.15) is 0 Å². The average molecular weight is 327 g/mol. The Hall–Kier alpha value is -2.66. The molecule has 23 heavy (non-hydrogen) atoms. The third-order valence-electron chi connectivity index (χ3n) is 3.44. The third kappa shape index (κ3) is 3.24. The van der Waals surface area contributed by atoms with E-state index in [1.807, 2.05) is 38.1 Å². The first-order chi connectivity index (χ1) is 11.0. The molecule has 0 unspecified atom stereocenters. The van der Waals surface area contributed by atoms with Crippen molar-refractivity contribution in [3.05, 3.63) is 70.5 Å². The van der Waals surface area contributed by atoms with Crippen molar-refractivity contribution in [1.29, 1.82) is 0 Å². The molecule has 0 radical (unpaired) electrons. The first-order valence-electron chi connectivity index (χ1n) is 7.11. The van der Waals surface area contributed by atoms with Crippen LogP contribution in [0.15, 0.2) is 48.5 Å². The SMILES string of the molecule is Cc1cccc(-n2nnc(C(=O)Nc3cccc(Cl)c3)c2C)c1. The fourth-order valence-corrected chi connectivity index (χ4v) is 2.49. The number of anilines is 1. The van der Waals surface area contributed by atoms with Crippen LogP contribution in [-0.2, 0) is 0 Å². The Labute approximate surface area is 138 Å². The fraction of sp³-hybridized carbons (Fsp3) is 0.118. The summed E-state index contributed by atoms with van der Waals surface area (Å²) < 4.78 is 1.65. The summed E-state index contributed by atoms with van der Waals surface area (Å²) in [5.74, 6) is -0.316. The van der Waals surface area contributed by atoms with Crippen molar-refractivity contribution in [2.45, 2.75) is 13.8 Å². The van der Waals surface area contributed by atoms with Crippen LogP contribution in [0.2, 0.25) is 5.02 Å². The summed E-state index contributed by atoms with van der Waals surface area (Å²) in [5.41, 5.74) is 3.56. The van der Waals surface area contributed by atoms with E-state index in [1.165, 1.54) is 0 Å². The van der Waals surface area contributed by atoms with Gasteiger partial charge in [-0.05, 0) is 49.7 Å². The van der Waals surface area contributed by atoms with Crippen molar-refractivity contribution in [3.63, 3.8) is 0 Å². The van der Waals surface area contributed by atoms with E-state index in [0.29, 0.717) is 16.4 Å². The van der Waals surface area contributed by atoms with Crippen LogP contribution in [0.4, 0.5) is 5.69 Å². The van der Waals surface area contributed by atoms with E-state index in [1.54, 1.807) is 28.9 Å². The standard InChI is InChI=1S/C17H15ClN4O/c1-11-5-3-8-15(9-11)22-12(2)16(20-21-22)17(23)19-14-7-4-6-13(18)10-14/h3-10H,1-2H3,(H,19,23). The summed E-state index contributed by atoms with van der Waals surface area (Å²) in [6.07, 6.45) is 0. The lowest BCUT2D eigenvalue weighted by Crippen LogP contribution is -2.14. The highest BCUT2D eigenvalue weighted by atomic mass is 35.5. The molecule has 1 heterocycles. The number of carbonyl (C=O) groups is 1. The summed E-state index contributed by atoms with van der Waals surface area (Å²) in [6.45, 7) is 3.82. The van der Waals surface area contributed by atoms with Gasteiger partial charge in [-0.2, -0.15) is 0 Å². The molecule has 3 aromatic rings. The Kier molecular flexibility index (Phi) is 4.12. The molecule has 0 bridgehead atoms. The Balaban J connectivity index is 1.88. The molecule has 0 spiro atoms. The maximum atomic E-state index is 12.4. The third-order valence-corrected chi connectivity index (χ3v) is 3.67. The second-order valence-electron chi connectivity index (χ2n) is 5.24. The van der Waals surface area contributed by atoms with Gasteiger partial charge < -0.3 is 5.32 Å². The Morgan fingerprint density at radius 3 is 2.65 bits per heavy atom. The molecule has 0 aliphatic carbocycles. The predicted molar refractivity (Wildman–Crippen MR) is 90.2 cm³/mol. The number of hydrogen-bond acceptors (Lipinski definition) is 3. The zero-order valence-electron chi connectivity index (χ0n) is 12.7. The van der Waals surface area contributed by atoms with Crippen LogP contribution in [0.3, 0.4) is 0 Å². The molecule has 1 amide bonds. The second-order valence-corrected chi connectivity index (χ2v) is 5.68. The van der Waals surface area contributed by atoms with Crippen molar-refractivity contribution in [2.75, 3.05) is 5.32 Å². The number of hydrogen-bond donors (Lipinski definition) is 1. The molecule has 1 aromatic heterocycles. The molecule has 0 aliphatic heterocycles. The lowest BCUT2D eigenvalue weighted by atomic mass is 10.2. The highest BCUT2D eigenvalue weighted by Crippen LogP contribution is 2.17. The molecular weight excluding hydrogens is 312 g/mol. The summed E-state index contributed by atoms with van der Waals surface area (Å²) >= 11 is 5.92. The summed E-state index contributed by atoms with van der Waals surface area (Å²) in [6, 6.07) is 14.8. The molecule has 0 saturated heterocycles. The van der Waals surface area contributed by atoms with Crippen LogP contribution in [0.25, 0.3) is 5.69 Å². The Morgan fingerprint density at radius 2 is 1.91 bits per heavy atom. The fourth-order valence-electron chi connectivity index (χ4n) is 2.30. The first kappa shape index (κ1) is 15.2.